The van der Waals surface area contributed by atoms with Crippen LogP contribution in [0, 0.1) is 6.92 Å². The van der Waals surface area contributed by atoms with Crippen molar-refractivity contribution in [3.8, 4) is 11.5 Å². The molecule has 0 unspecified atom stereocenters. The minimum atomic E-state index is -0.0861. The van der Waals surface area contributed by atoms with Gasteiger partial charge in [-0.25, -0.2) is 0 Å². The summed E-state index contributed by atoms with van der Waals surface area (Å²) in [6.07, 6.45) is 0. The summed E-state index contributed by atoms with van der Waals surface area (Å²) in [5.74, 6) is 2.82. The number of aryl methyl sites for hydroxylation is 1. The lowest BCUT2D eigenvalue weighted by molar-refractivity contribution is 0.253. The molecule has 0 radical (unpaired) electrons. The Morgan fingerprint density at radius 1 is 1.32 bits per heavy atom. The maximum atomic E-state index is 9.28. The first-order valence-corrected chi connectivity index (χ1v) is 5.91. The van der Waals surface area contributed by atoms with E-state index in [0.29, 0.717) is 17.1 Å². The van der Waals surface area contributed by atoms with Crippen LogP contribution in [-0.2, 0) is 20.3 Å². The van der Waals surface area contributed by atoms with E-state index in [0.717, 1.165) is 11.6 Å². The molecule has 0 saturated carbocycles. The van der Waals surface area contributed by atoms with Gasteiger partial charge in [0, 0.05) is 18.7 Å². The summed E-state index contributed by atoms with van der Waals surface area (Å²) in [7, 11) is 3.47. The van der Waals surface area contributed by atoms with Crippen molar-refractivity contribution in [1.29, 1.82) is 0 Å². The molecule has 1 N–H and O–H groups in total. The summed E-state index contributed by atoms with van der Waals surface area (Å²) in [4.78, 5) is 0. The predicted molar refractivity (Wildman–Crippen MR) is 69.0 cm³/mol. The molecule has 102 valence electrons. The Morgan fingerprint density at radius 2 is 2.11 bits per heavy atom. The fourth-order valence-electron chi connectivity index (χ4n) is 1.65. The van der Waals surface area contributed by atoms with Gasteiger partial charge in [0.2, 0.25) is 0 Å². The monoisotopic (exact) mass is 263 g/mol. The van der Waals surface area contributed by atoms with E-state index >= 15 is 0 Å². The highest BCUT2D eigenvalue weighted by Gasteiger charge is 2.09. The van der Waals surface area contributed by atoms with E-state index < -0.39 is 0 Å². The molecule has 2 aromatic rings. The molecular weight excluding hydrogens is 246 g/mol. The van der Waals surface area contributed by atoms with Crippen molar-refractivity contribution >= 4 is 0 Å². The number of rotatable bonds is 5. The molecule has 0 aliphatic heterocycles. The van der Waals surface area contributed by atoms with Gasteiger partial charge in [-0.2, -0.15) is 0 Å². The maximum Gasteiger partial charge on any atom is 0.170 e. The highest BCUT2D eigenvalue weighted by Crippen LogP contribution is 2.25. The van der Waals surface area contributed by atoms with Gasteiger partial charge < -0.3 is 19.1 Å². The Kier molecular flexibility index (Phi) is 4.01. The van der Waals surface area contributed by atoms with Gasteiger partial charge in [-0.1, -0.05) is 0 Å². The number of aromatic nitrogens is 3. The summed E-state index contributed by atoms with van der Waals surface area (Å²) in [6, 6.07) is 5.30. The van der Waals surface area contributed by atoms with E-state index in [1.807, 2.05) is 18.5 Å². The van der Waals surface area contributed by atoms with Crippen LogP contribution in [0.25, 0.3) is 0 Å². The van der Waals surface area contributed by atoms with E-state index in [-0.39, 0.29) is 13.2 Å². The van der Waals surface area contributed by atoms with Crippen LogP contribution >= 0.6 is 0 Å². The van der Waals surface area contributed by atoms with Crippen LogP contribution in [0.15, 0.2) is 18.2 Å². The average Bonchev–Trinajstić information content (AvgIpc) is 2.76. The third kappa shape index (κ3) is 2.85. The van der Waals surface area contributed by atoms with Crippen LogP contribution in [0.5, 0.6) is 11.5 Å². The van der Waals surface area contributed by atoms with E-state index in [1.165, 1.54) is 0 Å². The zero-order valence-electron chi connectivity index (χ0n) is 11.3. The fraction of sp³-hybridized carbons (Fsp3) is 0.385. The first-order valence-electron chi connectivity index (χ1n) is 5.91. The largest absolute Gasteiger partial charge is 0.497 e. The molecular formula is C13H17N3O3. The van der Waals surface area contributed by atoms with Crippen LogP contribution in [-0.4, -0.2) is 27.0 Å². The zero-order valence-corrected chi connectivity index (χ0v) is 11.3. The third-order valence-corrected chi connectivity index (χ3v) is 2.98. The second-order valence-corrected chi connectivity index (χ2v) is 4.14. The summed E-state index contributed by atoms with van der Waals surface area (Å²) < 4.78 is 12.7. The highest BCUT2D eigenvalue weighted by molar-refractivity contribution is 5.40. The SMILES string of the molecule is COc1ccc(CO)c(OCc2nnc(C)n2C)c1. The molecule has 0 aliphatic rings. The van der Waals surface area contributed by atoms with Crippen molar-refractivity contribution in [2.45, 2.75) is 20.1 Å². The van der Waals surface area contributed by atoms with E-state index in [9.17, 15) is 5.11 Å². The van der Waals surface area contributed by atoms with Crippen LogP contribution < -0.4 is 9.47 Å². The minimum absolute atomic E-state index is 0.0861. The molecule has 1 heterocycles. The quantitative estimate of drug-likeness (QED) is 0.878. The molecule has 1 aromatic carbocycles. The smallest absolute Gasteiger partial charge is 0.170 e. The van der Waals surface area contributed by atoms with Crippen LogP contribution in [0.2, 0.25) is 0 Å². The first-order chi connectivity index (χ1) is 9.15. The maximum absolute atomic E-state index is 9.28. The summed E-state index contributed by atoms with van der Waals surface area (Å²) >= 11 is 0. The van der Waals surface area contributed by atoms with Gasteiger partial charge in [0.05, 0.1) is 13.7 Å². The summed E-state index contributed by atoms with van der Waals surface area (Å²) in [5.41, 5.74) is 0.708. The van der Waals surface area contributed by atoms with Crippen molar-refractivity contribution in [3.63, 3.8) is 0 Å². The molecule has 0 saturated heterocycles. The minimum Gasteiger partial charge on any atom is -0.497 e. The third-order valence-electron chi connectivity index (χ3n) is 2.98. The lowest BCUT2D eigenvalue weighted by Gasteiger charge is -2.11. The highest BCUT2D eigenvalue weighted by atomic mass is 16.5. The molecule has 6 heteroatoms. The molecule has 6 nitrogen and oxygen atoms in total. The number of ether oxygens (including phenoxy) is 2. The van der Waals surface area contributed by atoms with Crippen molar-refractivity contribution < 1.29 is 14.6 Å². The Labute approximate surface area is 111 Å². The molecule has 0 fully saturated rings. The number of benzene rings is 1. The normalized spacial score (nSPS) is 10.5. The fourth-order valence-corrected chi connectivity index (χ4v) is 1.65. The number of aliphatic hydroxyl groups is 1. The first kappa shape index (κ1) is 13.4. The zero-order chi connectivity index (χ0) is 13.8. The van der Waals surface area contributed by atoms with Crippen molar-refractivity contribution in [2.75, 3.05) is 7.11 Å². The lowest BCUT2D eigenvalue weighted by atomic mass is 10.2. The summed E-state index contributed by atoms with van der Waals surface area (Å²) in [6.45, 7) is 2.08. The molecule has 1 aromatic heterocycles. The Balaban J connectivity index is 2.16. The van der Waals surface area contributed by atoms with Gasteiger partial charge in [-0.15, -0.1) is 10.2 Å². The van der Waals surface area contributed by atoms with Gasteiger partial charge in [0.25, 0.3) is 0 Å². The number of hydrogen-bond donors (Lipinski definition) is 1. The number of hydrogen-bond acceptors (Lipinski definition) is 5. The summed E-state index contributed by atoms with van der Waals surface area (Å²) in [5, 5.41) is 17.3. The molecule has 0 bridgehead atoms. The Bertz CT molecular complexity index is 566. The molecule has 19 heavy (non-hydrogen) atoms. The number of aliphatic hydroxyl groups excluding tert-OH is 1. The number of methoxy groups -OCH3 is 1. The van der Waals surface area contributed by atoms with Gasteiger partial charge in [-0.05, 0) is 19.1 Å². The van der Waals surface area contributed by atoms with Gasteiger partial charge in [0.1, 0.15) is 23.9 Å². The second kappa shape index (κ2) is 5.71. The van der Waals surface area contributed by atoms with Crippen LogP contribution in [0.4, 0.5) is 0 Å². The standard InChI is InChI=1S/C13H17N3O3/c1-9-14-15-13(16(9)2)8-19-12-6-11(18-3)5-4-10(12)7-17/h4-6,17H,7-8H2,1-3H3. The van der Waals surface area contributed by atoms with E-state index in [1.54, 1.807) is 25.3 Å². The average molecular weight is 263 g/mol. The van der Waals surface area contributed by atoms with Crippen molar-refractivity contribution in [3.05, 3.63) is 35.4 Å². The Morgan fingerprint density at radius 3 is 2.68 bits per heavy atom. The van der Waals surface area contributed by atoms with Gasteiger partial charge in [-0.3, -0.25) is 0 Å². The number of nitrogens with zero attached hydrogens (tertiary/aromatic N) is 3. The second-order valence-electron chi connectivity index (χ2n) is 4.14. The molecule has 0 atom stereocenters. The Hall–Kier alpha value is -2.08. The topological polar surface area (TPSA) is 69.4 Å². The van der Waals surface area contributed by atoms with Crippen molar-refractivity contribution in [1.82, 2.24) is 14.8 Å². The predicted octanol–water partition coefficient (Wildman–Crippen LogP) is 1.20. The van der Waals surface area contributed by atoms with Gasteiger partial charge >= 0.3 is 0 Å². The molecule has 2 rings (SSSR count). The van der Waals surface area contributed by atoms with Crippen molar-refractivity contribution in [2.24, 2.45) is 7.05 Å². The van der Waals surface area contributed by atoms with Crippen LogP contribution in [0.1, 0.15) is 17.2 Å². The molecule has 0 amide bonds. The van der Waals surface area contributed by atoms with Gasteiger partial charge in [0.15, 0.2) is 5.82 Å². The van der Waals surface area contributed by atoms with Crippen LogP contribution in [0.3, 0.4) is 0 Å². The van der Waals surface area contributed by atoms with E-state index in [2.05, 4.69) is 10.2 Å². The lowest BCUT2D eigenvalue weighted by Crippen LogP contribution is -2.05. The van der Waals surface area contributed by atoms with E-state index in [4.69, 9.17) is 9.47 Å². The molecule has 0 spiro atoms. The molecule has 0 aliphatic carbocycles.